The highest BCUT2D eigenvalue weighted by molar-refractivity contribution is 6.15. The minimum Gasteiger partial charge on any atom is -0.359 e. The molecule has 2 heterocycles. The number of imide groups is 1. The summed E-state index contributed by atoms with van der Waals surface area (Å²) in [5, 5.41) is 5.65. The number of nitrogens with one attached hydrogen (secondary N) is 2. The molecule has 0 saturated carbocycles. The van der Waals surface area contributed by atoms with E-state index in [9.17, 15) is 19.2 Å². The van der Waals surface area contributed by atoms with E-state index in [0.29, 0.717) is 19.4 Å². The van der Waals surface area contributed by atoms with Crippen LogP contribution in [0.15, 0.2) is 0 Å². The summed E-state index contributed by atoms with van der Waals surface area (Å²) in [5.41, 5.74) is 0. The molecule has 2 rings (SSSR count). The van der Waals surface area contributed by atoms with Crippen LogP contribution < -0.4 is 10.6 Å². The molecule has 7 nitrogen and oxygen atoms in total. The van der Waals surface area contributed by atoms with Gasteiger partial charge in [-0.05, 0) is 32.2 Å². The topological polar surface area (TPSA) is 95.6 Å². The first-order valence-corrected chi connectivity index (χ1v) is 8.36. The van der Waals surface area contributed by atoms with Crippen molar-refractivity contribution < 1.29 is 19.2 Å². The van der Waals surface area contributed by atoms with E-state index in [1.165, 1.54) is 4.90 Å². The number of rotatable bonds is 8. The van der Waals surface area contributed by atoms with Crippen molar-refractivity contribution in [2.75, 3.05) is 20.1 Å². The second-order valence-corrected chi connectivity index (χ2v) is 6.18. The van der Waals surface area contributed by atoms with Gasteiger partial charge in [-0.2, -0.15) is 0 Å². The Morgan fingerprint density at radius 2 is 2.04 bits per heavy atom. The van der Waals surface area contributed by atoms with Gasteiger partial charge in [0.25, 0.3) is 0 Å². The lowest BCUT2D eigenvalue weighted by molar-refractivity contribution is -0.141. The molecule has 0 aromatic carbocycles. The Hall–Kier alpha value is -1.76. The predicted octanol–water partition coefficient (Wildman–Crippen LogP) is -0.0110. The Morgan fingerprint density at radius 1 is 1.26 bits per heavy atom. The zero-order valence-corrected chi connectivity index (χ0v) is 13.6. The third-order valence-electron chi connectivity index (χ3n) is 4.56. The Morgan fingerprint density at radius 3 is 2.70 bits per heavy atom. The number of hydrogen-bond donors (Lipinski definition) is 2. The van der Waals surface area contributed by atoms with Crippen molar-refractivity contribution in [1.82, 2.24) is 15.5 Å². The summed E-state index contributed by atoms with van der Waals surface area (Å²) in [5.74, 6) is -1.54. The molecule has 3 amide bonds. The predicted molar refractivity (Wildman–Crippen MR) is 83.4 cm³/mol. The number of unbranched alkanes of at least 4 members (excludes halogenated alkanes) is 2. The van der Waals surface area contributed by atoms with E-state index in [0.717, 1.165) is 32.2 Å². The van der Waals surface area contributed by atoms with Crippen molar-refractivity contribution in [3.05, 3.63) is 0 Å². The van der Waals surface area contributed by atoms with Gasteiger partial charge in [-0.25, -0.2) is 0 Å². The largest absolute Gasteiger partial charge is 0.359 e. The number of amides is 3. The lowest BCUT2D eigenvalue weighted by atomic mass is 9.95. The molecule has 2 N–H and O–H groups in total. The number of carbonyl (C=O) groups is 4. The summed E-state index contributed by atoms with van der Waals surface area (Å²) >= 11 is 0. The number of hydrogen-bond acceptors (Lipinski definition) is 5. The van der Waals surface area contributed by atoms with Gasteiger partial charge in [0.05, 0.1) is 6.04 Å². The monoisotopic (exact) mass is 323 g/mol. The number of likely N-dealkylation sites (tertiary alicyclic amines) is 1. The standard InChI is InChI=1S/C16H25N3O4/c1-17-13(20)7-3-2-4-9-19-14(21)10-11(16(19)23)15(22)12-6-5-8-18-12/h11-12,18H,2-10H2,1H3,(H,17,20)/t11?,12-/m0/s1. The quantitative estimate of drug-likeness (QED) is 0.372. The SMILES string of the molecule is CNC(=O)CCCCCN1C(=O)CC(C(=O)[C@@H]2CCCN2)C1=O. The van der Waals surface area contributed by atoms with Gasteiger partial charge in [0.2, 0.25) is 17.7 Å². The van der Waals surface area contributed by atoms with Crippen LogP contribution >= 0.6 is 0 Å². The molecule has 2 aliphatic rings. The van der Waals surface area contributed by atoms with Crippen molar-refractivity contribution in [1.29, 1.82) is 0 Å². The Kier molecular flexibility index (Phi) is 6.27. The first-order valence-electron chi connectivity index (χ1n) is 8.36. The van der Waals surface area contributed by atoms with Crippen LogP contribution in [0.3, 0.4) is 0 Å². The molecule has 0 radical (unpaired) electrons. The van der Waals surface area contributed by atoms with Crippen molar-refractivity contribution >= 4 is 23.5 Å². The Bertz CT molecular complexity index is 486. The van der Waals surface area contributed by atoms with Gasteiger partial charge in [0.15, 0.2) is 5.78 Å². The summed E-state index contributed by atoms with van der Waals surface area (Å²) in [6.45, 7) is 1.13. The second-order valence-electron chi connectivity index (χ2n) is 6.18. The first kappa shape index (κ1) is 17.6. The van der Waals surface area contributed by atoms with E-state index >= 15 is 0 Å². The molecule has 0 spiro atoms. The molecule has 0 bridgehead atoms. The molecular weight excluding hydrogens is 298 g/mol. The fourth-order valence-corrected chi connectivity index (χ4v) is 3.17. The van der Waals surface area contributed by atoms with Crippen molar-refractivity contribution in [2.45, 2.75) is 51.0 Å². The zero-order chi connectivity index (χ0) is 16.8. The van der Waals surface area contributed by atoms with E-state index in [1.807, 2.05) is 0 Å². The van der Waals surface area contributed by atoms with E-state index in [4.69, 9.17) is 0 Å². The van der Waals surface area contributed by atoms with Gasteiger partial charge < -0.3 is 10.6 Å². The maximum absolute atomic E-state index is 12.3. The molecule has 0 aliphatic carbocycles. The molecule has 2 atom stereocenters. The molecule has 1 unspecified atom stereocenters. The highest BCUT2D eigenvalue weighted by Crippen LogP contribution is 2.24. The van der Waals surface area contributed by atoms with Crippen LogP contribution in [0.5, 0.6) is 0 Å². The van der Waals surface area contributed by atoms with Crippen molar-refractivity contribution in [2.24, 2.45) is 5.92 Å². The smallest absolute Gasteiger partial charge is 0.240 e. The third-order valence-corrected chi connectivity index (χ3v) is 4.56. The fraction of sp³-hybridized carbons (Fsp3) is 0.750. The normalized spacial score (nSPS) is 24.3. The van der Waals surface area contributed by atoms with Crippen LogP contribution in [0.4, 0.5) is 0 Å². The Labute approximate surface area is 136 Å². The molecule has 2 saturated heterocycles. The summed E-state index contributed by atoms with van der Waals surface area (Å²) in [4.78, 5) is 49.0. The summed E-state index contributed by atoms with van der Waals surface area (Å²) in [6, 6.07) is -0.274. The van der Waals surface area contributed by atoms with Crippen LogP contribution in [0.1, 0.15) is 44.9 Å². The average molecular weight is 323 g/mol. The van der Waals surface area contributed by atoms with Gasteiger partial charge >= 0.3 is 0 Å². The van der Waals surface area contributed by atoms with Crippen molar-refractivity contribution in [3.63, 3.8) is 0 Å². The van der Waals surface area contributed by atoms with Gasteiger partial charge in [-0.3, -0.25) is 24.1 Å². The molecule has 0 aromatic heterocycles. The number of ketones is 1. The molecular formula is C16H25N3O4. The summed E-state index contributed by atoms with van der Waals surface area (Å²) in [7, 11) is 1.60. The van der Waals surface area contributed by atoms with Gasteiger partial charge in [-0.1, -0.05) is 6.42 Å². The highest BCUT2D eigenvalue weighted by Gasteiger charge is 2.44. The summed E-state index contributed by atoms with van der Waals surface area (Å²) in [6.07, 6.45) is 4.30. The minimum atomic E-state index is -0.802. The van der Waals surface area contributed by atoms with Crippen LogP contribution in [0, 0.1) is 5.92 Å². The fourth-order valence-electron chi connectivity index (χ4n) is 3.17. The number of carbonyl (C=O) groups excluding carboxylic acids is 4. The van der Waals surface area contributed by atoms with Crippen LogP contribution in [-0.2, 0) is 19.2 Å². The first-order chi connectivity index (χ1) is 11.0. The van der Waals surface area contributed by atoms with E-state index < -0.39 is 5.92 Å². The number of nitrogens with zero attached hydrogens (tertiary/aromatic N) is 1. The lowest BCUT2D eigenvalue weighted by Gasteiger charge is -2.16. The van der Waals surface area contributed by atoms with Gasteiger partial charge in [-0.15, -0.1) is 0 Å². The van der Waals surface area contributed by atoms with E-state index in [-0.39, 0.29) is 36.0 Å². The van der Waals surface area contributed by atoms with Crippen molar-refractivity contribution in [3.8, 4) is 0 Å². The second kappa shape index (κ2) is 8.19. The maximum atomic E-state index is 12.3. The van der Waals surface area contributed by atoms with Gasteiger partial charge in [0.1, 0.15) is 5.92 Å². The van der Waals surface area contributed by atoms with E-state index in [1.54, 1.807) is 7.05 Å². The molecule has 128 valence electrons. The third kappa shape index (κ3) is 4.37. The zero-order valence-electron chi connectivity index (χ0n) is 13.6. The number of Topliss-reactive ketones (excluding diaryl/α,β-unsaturated/α-hetero) is 1. The van der Waals surface area contributed by atoms with Crippen LogP contribution in [0.25, 0.3) is 0 Å². The van der Waals surface area contributed by atoms with E-state index in [2.05, 4.69) is 10.6 Å². The molecule has 2 fully saturated rings. The molecule has 2 aliphatic heterocycles. The lowest BCUT2D eigenvalue weighted by Crippen LogP contribution is -2.40. The Balaban J connectivity index is 1.77. The minimum absolute atomic E-state index is 0.00644. The molecule has 0 aromatic rings. The maximum Gasteiger partial charge on any atom is 0.240 e. The molecule has 23 heavy (non-hydrogen) atoms. The van der Waals surface area contributed by atoms with Crippen LogP contribution in [0.2, 0.25) is 0 Å². The molecule has 7 heteroatoms. The van der Waals surface area contributed by atoms with Gasteiger partial charge in [0, 0.05) is 26.4 Å². The highest BCUT2D eigenvalue weighted by atomic mass is 16.2. The average Bonchev–Trinajstić information content (AvgIpc) is 3.16. The summed E-state index contributed by atoms with van der Waals surface area (Å²) < 4.78 is 0. The van der Waals surface area contributed by atoms with Crippen LogP contribution in [-0.4, -0.2) is 54.6 Å².